The molecule has 0 aromatic carbocycles. The van der Waals surface area contributed by atoms with Crippen LogP contribution in [0.2, 0.25) is 0 Å². The number of allylic oxidation sites excluding steroid dienone is 1. The van der Waals surface area contributed by atoms with E-state index in [9.17, 15) is 4.39 Å². The molecule has 2 N–H and O–H groups in total. The molecule has 0 saturated heterocycles. The van der Waals surface area contributed by atoms with Crippen molar-refractivity contribution < 1.29 is 4.39 Å². The van der Waals surface area contributed by atoms with E-state index >= 15 is 0 Å². The van der Waals surface area contributed by atoms with Crippen molar-refractivity contribution in [2.75, 3.05) is 26.3 Å². The van der Waals surface area contributed by atoms with Gasteiger partial charge in [0.05, 0.1) is 0 Å². The minimum atomic E-state index is -0.299. The van der Waals surface area contributed by atoms with E-state index in [1.807, 2.05) is 6.92 Å². The normalized spacial score (nSPS) is 9.40. The number of alkyl halides is 1. The maximum Gasteiger partial charge on any atom is 0.102 e. The summed E-state index contributed by atoms with van der Waals surface area (Å²) in [6.45, 7) is 7.31. The van der Waals surface area contributed by atoms with Crippen LogP contribution in [0.25, 0.3) is 0 Å². The summed E-state index contributed by atoms with van der Waals surface area (Å²) in [5, 5.41) is 5.94. The Labute approximate surface area is 61.5 Å². The highest BCUT2D eigenvalue weighted by Crippen LogP contribution is 1.74. The van der Waals surface area contributed by atoms with Crippen molar-refractivity contribution in [1.82, 2.24) is 10.6 Å². The van der Waals surface area contributed by atoms with Gasteiger partial charge in [0.2, 0.25) is 0 Å². The molecular weight excluding hydrogens is 131 g/mol. The molecule has 10 heavy (non-hydrogen) atoms. The van der Waals surface area contributed by atoms with Crippen LogP contribution in [0.5, 0.6) is 0 Å². The molecule has 0 rings (SSSR count). The van der Waals surface area contributed by atoms with Crippen molar-refractivity contribution in [1.29, 1.82) is 0 Å². The summed E-state index contributed by atoms with van der Waals surface area (Å²) in [7, 11) is 0. The Kier molecular flexibility index (Phi) is 6.18. The maximum atomic E-state index is 11.5. The molecule has 2 nitrogen and oxygen atoms in total. The van der Waals surface area contributed by atoms with Crippen LogP contribution in [0.3, 0.4) is 0 Å². The second-order valence-electron chi connectivity index (χ2n) is 2.15. The van der Waals surface area contributed by atoms with E-state index in [-0.39, 0.29) is 6.67 Å². The second kappa shape index (κ2) is 6.55. The van der Waals surface area contributed by atoms with Crippen LogP contribution in [0.4, 0.5) is 4.39 Å². The van der Waals surface area contributed by atoms with E-state index in [1.165, 1.54) is 0 Å². The summed E-state index contributed by atoms with van der Waals surface area (Å²) in [6, 6.07) is 0. The van der Waals surface area contributed by atoms with Crippen LogP contribution in [0.1, 0.15) is 6.92 Å². The van der Waals surface area contributed by atoms with E-state index in [2.05, 4.69) is 17.2 Å². The first-order valence-corrected chi connectivity index (χ1v) is 3.43. The largest absolute Gasteiger partial charge is 0.388 e. The van der Waals surface area contributed by atoms with Crippen LogP contribution in [0.15, 0.2) is 12.3 Å². The molecule has 0 amide bonds. The number of hydrogen-bond donors (Lipinski definition) is 2. The highest BCUT2D eigenvalue weighted by atomic mass is 19.1. The van der Waals surface area contributed by atoms with Crippen molar-refractivity contribution in [2.45, 2.75) is 6.92 Å². The Morgan fingerprint density at radius 1 is 1.40 bits per heavy atom. The summed E-state index contributed by atoms with van der Waals surface area (Å²) < 4.78 is 11.5. The smallest absolute Gasteiger partial charge is 0.102 e. The van der Waals surface area contributed by atoms with Crippen LogP contribution >= 0.6 is 0 Å². The molecule has 60 valence electrons. The molecule has 0 unspecified atom stereocenters. The van der Waals surface area contributed by atoms with E-state index in [4.69, 9.17) is 0 Å². The quantitative estimate of drug-likeness (QED) is 0.538. The van der Waals surface area contributed by atoms with Crippen LogP contribution < -0.4 is 10.6 Å². The minimum Gasteiger partial charge on any atom is -0.388 e. The van der Waals surface area contributed by atoms with Crippen molar-refractivity contribution in [3.05, 3.63) is 12.3 Å². The number of nitrogens with one attached hydrogen (secondary N) is 2. The Morgan fingerprint density at radius 3 is 2.60 bits per heavy atom. The molecule has 0 saturated carbocycles. The van der Waals surface area contributed by atoms with Gasteiger partial charge >= 0.3 is 0 Å². The third-order valence-corrected chi connectivity index (χ3v) is 1.000. The highest BCUT2D eigenvalue weighted by Gasteiger charge is 1.85. The first-order chi connectivity index (χ1) is 4.77. The predicted octanol–water partition coefficient (Wildman–Crippen LogP) is 0.669. The second-order valence-corrected chi connectivity index (χ2v) is 2.15. The Hall–Kier alpha value is -0.570. The fourth-order valence-corrected chi connectivity index (χ4v) is 0.556. The summed E-state index contributed by atoms with van der Waals surface area (Å²) in [5.74, 6) is 0. The maximum absolute atomic E-state index is 11.5. The van der Waals surface area contributed by atoms with Crippen molar-refractivity contribution in [2.24, 2.45) is 0 Å². The molecular formula is C7H15FN2. The lowest BCUT2D eigenvalue weighted by atomic mass is 10.5. The number of halogens is 1. The fourth-order valence-electron chi connectivity index (χ4n) is 0.556. The first kappa shape index (κ1) is 9.43. The zero-order valence-electron chi connectivity index (χ0n) is 6.41. The van der Waals surface area contributed by atoms with Crippen molar-refractivity contribution >= 4 is 0 Å². The summed E-state index contributed by atoms with van der Waals surface area (Å²) in [4.78, 5) is 0. The molecule has 0 aliphatic carbocycles. The zero-order chi connectivity index (χ0) is 7.82. The summed E-state index contributed by atoms with van der Waals surface area (Å²) in [6.07, 6.45) is 0. The van der Waals surface area contributed by atoms with Gasteiger partial charge in [-0.1, -0.05) is 6.58 Å². The van der Waals surface area contributed by atoms with Gasteiger partial charge in [-0.15, -0.1) is 0 Å². The van der Waals surface area contributed by atoms with Crippen LogP contribution in [0, 0.1) is 0 Å². The van der Waals surface area contributed by atoms with Gasteiger partial charge < -0.3 is 10.6 Å². The fraction of sp³-hybridized carbons (Fsp3) is 0.714. The Balaban J connectivity index is 2.84. The summed E-state index contributed by atoms with van der Waals surface area (Å²) in [5.41, 5.74) is 0.946. The third kappa shape index (κ3) is 7.43. The van der Waals surface area contributed by atoms with Crippen LogP contribution in [-0.4, -0.2) is 26.3 Å². The number of hydrogen-bond acceptors (Lipinski definition) is 2. The third-order valence-electron chi connectivity index (χ3n) is 1.000. The highest BCUT2D eigenvalue weighted by molar-refractivity contribution is 4.83. The lowest BCUT2D eigenvalue weighted by Crippen LogP contribution is -2.27. The van der Waals surface area contributed by atoms with E-state index in [0.29, 0.717) is 6.54 Å². The standard InChI is InChI=1S/C7H15FN2/c1-7(2)10-6-5-9-4-3-8/h9-10H,1,3-6H2,2H3. The van der Waals surface area contributed by atoms with E-state index in [0.717, 1.165) is 18.8 Å². The van der Waals surface area contributed by atoms with Crippen molar-refractivity contribution in [3.8, 4) is 0 Å². The molecule has 0 spiro atoms. The van der Waals surface area contributed by atoms with Crippen molar-refractivity contribution in [3.63, 3.8) is 0 Å². The predicted molar refractivity (Wildman–Crippen MR) is 41.7 cm³/mol. The van der Waals surface area contributed by atoms with Gasteiger partial charge in [0, 0.05) is 25.3 Å². The molecule has 0 aliphatic heterocycles. The molecule has 0 radical (unpaired) electrons. The van der Waals surface area contributed by atoms with E-state index < -0.39 is 0 Å². The topological polar surface area (TPSA) is 24.1 Å². The lowest BCUT2D eigenvalue weighted by molar-refractivity contribution is 0.467. The average Bonchev–Trinajstić information content (AvgIpc) is 1.87. The monoisotopic (exact) mass is 146 g/mol. The molecule has 0 heterocycles. The molecule has 0 aromatic heterocycles. The average molecular weight is 146 g/mol. The SMILES string of the molecule is C=C(C)NCCNCCF. The Morgan fingerprint density at radius 2 is 2.10 bits per heavy atom. The van der Waals surface area contributed by atoms with Crippen LogP contribution in [-0.2, 0) is 0 Å². The van der Waals surface area contributed by atoms with Gasteiger partial charge in [0.1, 0.15) is 6.67 Å². The van der Waals surface area contributed by atoms with Gasteiger partial charge in [-0.3, -0.25) is 0 Å². The molecule has 0 bridgehead atoms. The molecule has 0 fully saturated rings. The van der Waals surface area contributed by atoms with Gasteiger partial charge in [-0.2, -0.15) is 0 Å². The van der Waals surface area contributed by atoms with Gasteiger partial charge in [-0.05, 0) is 6.92 Å². The summed E-state index contributed by atoms with van der Waals surface area (Å²) >= 11 is 0. The van der Waals surface area contributed by atoms with Gasteiger partial charge in [0.25, 0.3) is 0 Å². The first-order valence-electron chi connectivity index (χ1n) is 3.43. The molecule has 0 atom stereocenters. The number of rotatable bonds is 6. The Bertz CT molecular complexity index is 93.6. The lowest BCUT2D eigenvalue weighted by Gasteiger charge is -2.04. The minimum absolute atomic E-state index is 0.299. The molecule has 3 heteroatoms. The van der Waals surface area contributed by atoms with Gasteiger partial charge in [0.15, 0.2) is 0 Å². The molecule has 0 aromatic rings. The van der Waals surface area contributed by atoms with E-state index in [1.54, 1.807) is 0 Å². The zero-order valence-corrected chi connectivity index (χ0v) is 6.41. The van der Waals surface area contributed by atoms with Gasteiger partial charge in [-0.25, -0.2) is 4.39 Å². The molecule has 0 aliphatic rings.